The van der Waals surface area contributed by atoms with E-state index in [4.69, 9.17) is 11.6 Å². The molecule has 0 bridgehead atoms. The summed E-state index contributed by atoms with van der Waals surface area (Å²) in [6, 6.07) is 5.07. The molecule has 2 nitrogen and oxygen atoms in total. The Bertz CT molecular complexity index is 434. The van der Waals surface area contributed by atoms with Crippen LogP contribution in [-0.2, 0) is 0 Å². The number of hydrogen-bond acceptors (Lipinski definition) is 2. The Hall–Kier alpha value is -0.800. The van der Waals surface area contributed by atoms with Crippen LogP contribution in [0.5, 0.6) is 0 Å². The number of halogens is 2. The van der Waals surface area contributed by atoms with E-state index in [-0.39, 0.29) is 11.4 Å². The zero-order chi connectivity index (χ0) is 13.3. The quantitative estimate of drug-likeness (QED) is 0.886. The molecule has 1 atom stereocenters. The summed E-state index contributed by atoms with van der Waals surface area (Å²) in [5.74, 6) is -0.199. The smallest absolute Gasteiger partial charge is 0.146 e. The van der Waals surface area contributed by atoms with Crippen LogP contribution in [-0.4, -0.2) is 24.7 Å². The summed E-state index contributed by atoms with van der Waals surface area (Å²) in [5, 5.41) is 4.08. The lowest BCUT2D eigenvalue weighted by Gasteiger charge is -2.45. The van der Waals surface area contributed by atoms with E-state index in [9.17, 15) is 4.39 Å². The van der Waals surface area contributed by atoms with E-state index in [2.05, 4.69) is 31.0 Å². The van der Waals surface area contributed by atoms with Crippen molar-refractivity contribution >= 4 is 17.3 Å². The van der Waals surface area contributed by atoms with Gasteiger partial charge in [-0.2, -0.15) is 0 Å². The minimum absolute atomic E-state index is 0.0135. The van der Waals surface area contributed by atoms with E-state index in [1.165, 1.54) is 6.07 Å². The van der Waals surface area contributed by atoms with E-state index >= 15 is 0 Å². The highest BCUT2D eigenvalue weighted by molar-refractivity contribution is 6.30. The van der Waals surface area contributed by atoms with Gasteiger partial charge in [-0.1, -0.05) is 18.5 Å². The van der Waals surface area contributed by atoms with Gasteiger partial charge in [-0.05, 0) is 38.5 Å². The van der Waals surface area contributed by atoms with Crippen LogP contribution >= 0.6 is 11.6 Å². The van der Waals surface area contributed by atoms with E-state index in [0.29, 0.717) is 16.8 Å². The lowest BCUT2D eigenvalue weighted by Crippen LogP contribution is -2.61. The molecule has 0 aromatic heterocycles. The molecule has 1 saturated heterocycles. The van der Waals surface area contributed by atoms with Gasteiger partial charge in [0.2, 0.25) is 0 Å². The molecule has 4 heteroatoms. The topological polar surface area (TPSA) is 15.3 Å². The van der Waals surface area contributed by atoms with Crippen molar-refractivity contribution < 1.29 is 4.39 Å². The van der Waals surface area contributed by atoms with Gasteiger partial charge in [0.05, 0.1) is 5.69 Å². The number of nitrogens with one attached hydrogen (secondary N) is 1. The number of piperazine rings is 1. The zero-order valence-electron chi connectivity index (χ0n) is 11.1. The van der Waals surface area contributed by atoms with E-state index < -0.39 is 0 Å². The molecule has 1 N–H and O–H groups in total. The molecule has 0 saturated carbocycles. The number of nitrogens with zero attached hydrogens (tertiary/aromatic N) is 1. The molecule has 0 radical (unpaired) electrons. The average Bonchev–Trinajstić information content (AvgIpc) is 2.31. The first-order chi connectivity index (χ1) is 8.43. The van der Waals surface area contributed by atoms with Crippen LogP contribution in [0, 0.1) is 5.82 Å². The summed E-state index contributed by atoms with van der Waals surface area (Å²) >= 11 is 5.99. The van der Waals surface area contributed by atoms with Crippen molar-refractivity contribution in [1.29, 1.82) is 0 Å². The molecule has 1 aromatic carbocycles. The Morgan fingerprint density at radius 2 is 2.22 bits per heavy atom. The van der Waals surface area contributed by atoms with Gasteiger partial charge in [-0.25, -0.2) is 4.39 Å². The highest BCUT2D eigenvalue weighted by Gasteiger charge is 2.32. The largest absolute Gasteiger partial charge is 0.363 e. The van der Waals surface area contributed by atoms with Gasteiger partial charge in [0.1, 0.15) is 5.82 Å². The van der Waals surface area contributed by atoms with Crippen molar-refractivity contribution in [2.75, 3.05) is 18.0 Å². The van der Waals surface area contributed by atoms with Gasteiger partial charge < -0.3 is 10.2 Å². The highest BCUT2D eigenvalue weighted by Crippen LogP contribution is 2.29. The zero-order valence-corrected chi connectivity index (χ0v) is 11.9. The molecule has 1 heterocycles. The van der Waals surface area contributed by atoms with Crippen LogP contribution in [0.15, 0.2) is 18.2 Å². The van der Waals surface area contributed by atoms with Gasteiger partial charge in [0.25, 0.3) is 0 Å². The van der Waals surface area contributed by atoms with E-state index in [1.54, 1.807) is 12.1 Å². The number of benzene rings is 1. The molecular weight excluding hydrogens is 251 g/mol. The molecule has 100 valence electrons. The predicted molar refractivity (Wildman–Crippen MR) is 74.9 cm³/mol. The SMILES string of the molecule is CCC1CNC(C)(C)CN1c1cc(Cl)ccc1F. The van der Waals surface area contributed by atoms with Crippen LogP contribution in [0.25, 0.3) is 0 Å². The van der Waals surface area contributed by atoms with Crippen LogP contribution < -0.4 is 10.2 Å². The fraction of sp³-hybridized carbons (Fsp3) is 0.571. The summed E-state index contributed by atoms with van der Waals surface area (Å²) < 4.78 is 14.0. The summed E-state index contributed by atoms with van der Waals surface area (Å²) in [7, 11) is 0. The van der Waals surface area contributed by atoms with Crippen molar-refractivity contribution in [1.82, 2.24) is 5.32 Å². The van der Waals surface area contributed by atoms with Crippen molar-refractivity contribution in [2.24, 2.45) is 0 Å². The van der Waals surface area contributed by atoms with Gasteiger partial charge in [-0.3, -0.25) is 0 Å². The molecule has 1 fully saturated rings. The van der Waals surface area contributed by atoms with Crippen molar-refractivity contribution in [2.45, 2.75) is 38.8 Å². The van der Waals surface area contributed by atoms with E-state index in [0.717, 1.165) is 19.5 Å². The van der Waals surface area contributed by atoms with Gasteiger partial charge >= 0.3 is 0 Å². The van der Waals surface area contributed by atoms with Gasteiger partial charge in [-0.15, -0.1) is 0 Å². The molecule has 0 amide bonds. The second kappa shape index (κ2) is 5.06. The molecule has 1 unspecified atom stereocenters. The van der Waals surface area contributed by atoms with Gasteiger partial charge in [0, 0.05) is 29.7 Å². The molecule has 1 aromatic rings. The second-order valence-corrected chi connectivity index (χ2v) is 5.99. The number of rotatable bonds is 2. The first-order valence-corrected chi connectivity index (χ1v) is 6.77. The molecule has 0 spiro atoms. The minimum atomic E-state index is -0.199. The Morgan fingerprint density at radius 1 is 1.50 bits per heavy atom. The Kier molecular flexibility index (Phi) is 3.83. The maximum Gasteiger partial charge on any atom is 0.146 e. The maximum atomic E-state index is 14.0. The molecule has 18 heavy (non-hydrogen) atoms. The average molecular weight is 271 g/mol. The minimum Gasteiger partial charge on any atom is -0.363 e. The van der Waals surface area contributed by atoms with Crippen LogP contribution in [0.1, 0.15) is 27.2 Å². The third-order valence-corrected chi connectivity index (χ3v) is 3.75. The van der Waals surface area contributed by atoms with E-state index in [1.807, 2.05) is 0 Å². The third kappa shape index (κ3) is 2.78. The third-order valence-electron chi connectivity index (χ3n) is 3.51. The standard InChI is InChI=1S/C14H20ClFN2/c1-4-11-8-17-14(2,3)9-18(11)13-7-10(15)5-6-12(13)16/h5-7,11,17H,4,8-9H2,1-3H3. The fourth-order valence-corrected chi connectivity index (χ4v) is 2.63. The number of anilines is 1. The highest BCUT2D eigenvalue weighted by atomic mass is 35.5. The Labute approximate surface area is 113 Å². The number of hydrogen-bond donors (Lipinski definition) is 1. The normalized spacial score (nSPS) is 23.2. The van der Waals surface area contributed by atoms with Crippen LogP contribution in [0.2, 0.25) is 5.02 Å². The summed E-state index contributed by atoms with van der Waals surface area (Å²) in [6.45, 7) is 8.04. The molecular formula is C14H20ClFN2. The van der Waals surface area contributed by atoms with Crippen LogP contribution in [0.3, 0.4) is 0 Å². The first-order valence-electron chi connectivity index (χ1n) is 6.39. The maximum absolute atomic E-state index is 14.0. The monoisotopic (exact) mass is 270 g/mol. The first kappa shape index (κ1) is 13.6. The summed E-state index contributed by atoms with van der Waals surface area (Å²) in [6.07, 6.45) is 0.981. The van der Waals surface area contributed by atoms with Crippen LogP contribution in [0.4, 0.5) is 10.1 Å². The Morgan fingerprint density at radius 3 is 2.89 bits per heavy atom. The van der Waals surface area contributed by atoms with Gasteiger partial charge in [0.15, 0.2) is 0 Å². The van der Waals surface area contributed by atoms with Crippen molar-refractivity contribution in [3.05, 3.63) is 29.0 Å². The molecule has 2 rings (SSSR count). The lowest BCUT2D eigenvalue weighted by molar-refractivity contribution is 0.304. The molecule has 1 aliphatic heterocycles. The second-order valence-electron chi connectivity index (χ2n) is 5.55. The summed E-state index contributed by atoms with van der Waals surface area (Å²) in [5.41, 5.74) is 0.601. The molecule has 0 aliphatic carbocycles. The Balaban J connectivity index is 2.35. The van der Waals surface area contributed by atoms with Crippen molar-refractivity contribution in [3.63, 3.8) is 0 Å². The predicted octanol–water partition coefficient (Wildman–Crippen LogP) is 3.45. The fourth-order valence-electron chi connectivity index (χ4n) is 2.47. The van der Waals surface area contributed by atoms with Crippen molar-refractivity contribution in [3.8, 4) is 0 Å². The summed E-state index contributed by atoms with van der Waals surface area (Å²) in [4.78, 5) is 2.14. The lowest BCUT2D eigenvalue weighted by atomic mass is 9.97. The molecule has 1 aliphatic rings.